The standard InChI is InChI=1S/C14H12ClNO4S/c1-19-10-6-8(5-9(15)13(10)20-2)3-4-12-16-7-11(21-12)14(17)18/h3-7H,1-2H3,(H,17,18)/b4-3-. The molecular formula is C14H12ClNO4S. The largest absolute Gasteiger partial charge is 0.493 e. The monoisotopic (exact) mass is 325 g/mol. The molecule has 0 bridgehead atoms. The lowest BCUT2D eigenvalue weighted by atomic mass is 10.2. The molecule has 2 aromatic rings. The average molecular weight is 326 g/mol. The number of ether oxygens (including phenoxy) is 2. The highest BCUT2D eigenvalue weighted by molar-refractivity contribution is 7.14. The van der Waals surface area contributed by atoms with Crippen LogP contribution in [0.3, 0.4) is 0 Å². The average Bonchev–Trinajstić information content (AvgIpc) is 2.93. The van der Waals surface area contributed by atoms with E-state index in [-0.39, 0.29) is 4.88 Å². The van der Waals surface area contributed by atoms with Gasteiger partial charge >= 0.3 is 5.97 Å². The first kappa shape index (κ1) is 15.3. The van der Waals surface area contributed by atoms with Gasteiger partial charge in [0.1, 0.15) is 9.88 Å². The maximum Gasteiger partial charge on any atom is 0.347 e. The Morgan fingerprint density at radius 2 is 2.10 bits per heavy atom. The van der Waals surface area contributed by atoms with Crippen molar-refractivity contribution in [2.45, 2.75) is 0 Å². The maximum absolute atomic E-state index is 10.8. The quantitative estimate of drug-likeness (QED) is 0.908. The fraction of sp³-hybridized carbons (Fsp3) is 0.143. The first-order valence-corrected chi connectivity index (χ1v) is 7.03. The maximum atomic E-state index is 10.8. The Morgan fingerprint density at radius 3 is 2.67 bits per heavy atom. The number of halogens is 1. The number of hydrogen-bond acceptors (Lipinski definition) is 5. The topological polar surface area (TPSA) is 68.7 Å². The second-order valence-electron chi connectivity index (χ2n) is 3.94. The molecule has 1 N–H and O–H groups in total. The number of nitrogens with zero attached hydrogens (tertiary/aromatic N) is 1. The van der Waals surface area contributed by atoms with Gasteiger partial charge in [0, 0.05) is 0 Å². The summed E-state index contributed by atoms with van der Waals surface area (Å²) in [5.41, 5.74) is 0.796. The number of carboxylic acids is 1. The summed E-state index contributed by atoms with van der Waals surface area (Å²) in [6.07, 6.45) is 4.82. The minimum Gasteiger partial charge on any atom is -0.493 e. The van der Waals surface area contributed by atoms with Gasteiger partial charge in [-0.2, -0.15) is 0 Å². The van der Waals surface area contributed by atoms with Crippen LogP contribution >= 0.6 is 22.9 Å². The fourth-order valence-corrected chi connectivity index (χ4v) is 2.62. The van der Waals surface area contributed by atoms with Gasteiger partial charge in [-0.25, -0.2) is 9.78 Å². The lowest BCUT2D eigenvalue weighted by Gasteiger charge is -2.10. The number of methoxy groups -OCH3 is 2. The molecule has 0 fully saturated rings. The molecule has 0 radical (unpaired) electrons. The molecule has 110 valence electrons. The molecule has 0 atom stereocenters. The fourth-order valence-electron chi connectivity index (χ4n) is 1.67. The minimum atomic E-state index is -0.985. The molecule has 1 aromatic carbocycles. The molecule has 7 heteroatoms. The van der Waals surface area contributed by atoms with Crippen LogP contribution in [-0.4, -0.2) is 30.3 Å². The molecule has 0 aliphatic heterocycles. The number of carboxylic acid groups (broad SMARTS) is 1. The molecule has 0 aliphatic rings. The van der Waals surface area contributed by atoms with E-state index in [1.807, 2.05) is 0 Å². The number of aromatic carboxylic acids is 1. The van der Waals surface area contributed by atoms with Crippen LogP contribution in [0.25, 0.3) is 12.2 Å². The molecule has 1 heterocycles. The molecule has 1 aromatic heterocycles. The van der Waals surface area contributed by atoms with Crippen LogP contribution in [-0.2, 0) is 0 Å². The van der Waals surface area contributed by atoms with Gasteiger partial charge in [-0.1, -0.05) is 17.7 Å². The first-order chi connectivity index (χ1) is 10.0. The number of hydrogen-bond donors (Lipinski definition) is 1. The van der Waals surface area contributed by atoms with E-state index in [0.717, 1.165) is 16.9 Å². The van der Waals surface area contributed by atoms with Gasteiger partial charge in [0.25, 0.3) is 0 Å². The zero-order valence-electron chi connectivity index (χ0n) is 11.3. The lowest BCUT2D eigenvalue weighted by molar-refractivity contribution is 0.0702. The van der Waals surface area contributed by atoms with Crippen molar-refractivity contribution >= 4 is 41.1 Å². The molecular weight excluding hydrogens is 314 g/mol. The van der Waals surface area contributed by atoms with Crippen molar-refractivity contribution in [1.29, 1.82) is 0 Å². The number of benzene rings is 1. The van der Waals surface area contributed by atoms with Gasteiger partial charge in [0.05, 0.1) is 25.4 Å². The number of carbonyl (C=O) groups is 1. The van der Waals surface area contributed by atoms with Gasteiger partial charge in [-0.05, 0) is 23.8 Å². The Balaban J connectivity index is 2.28. The Labute approximate surface area is 130 Å². The van der Waals surface area contributed by atoms with Crippen LogP contribution in [0.5, 0.6) is 11.5 Å². The van der Waals surface area contributed by atoms with E-state index < -0.39 is 5.97 Å². The second-order valence-corrected chi connectivity index (χ2v) is 5.41. The third kappa shape index (κ3) is 3.53. The van der Waals surface area contributed by atoms with E-state index in [4.69, 9.17) is 26.2 Å². The van der Waals surface area contributed by atoms with E-state index in [1.54, 1.807) is 24.3 Å². The van der Waals surface area contributed by atoms with Crippen LogP contribution in [0.1, 0.15) is 20.2 Å². The molecule has 0 aliphatic carbocycles. The smallest absolute Gasteiger partial charge is 0.347 e. The molecule has 21 heavy (non-hydrogen) atoms. The summed E-state index contributed by atoms with van der Waals surface area (Å²) in [6.45, 7) is 0. The highest BCUT2D eigenvalue weighted by Crippen LogP contribution is 2.36. The summed E-state index contributed by atoms with van der Waals surface area (Å²) < 4.78 is 10.4. The van der Waals surface area contributed by atoms with Crippen LogP contribution in [0.15, 0.2) is 18.3 Å². The lowest BCUT2D eigenvalue weighted by Crippen LogP contribution is -1.92. The van der Waals surface area contributed by atoms with E-state index >= 15 is 0 Å². The predicted molar refractivity (Wildman–Crippen MR) is 82.6 cm³/mol. The zero-order valence-corrected chi connectivity index (χ0v) is 12.9. The van der Waals surface area contributed by atoms with Crippen LogP contribution in [0.2, 0.25) is 5.02 Å². The molecule has 5 nitrogen and oxygen atoms in total. The Morgan fingerprint density at radius 1 is 1.33 bits per heavy atom. The highest BCUT2D eigenvalue weighted by Gasteiger charge is 2.10. The first-order valence-electron chi connectivity index (χ1n) is 5.84. The Bertz CT molecular complexity index is 696. The zero-order chi connectivity index (χ0) is 15.4. The second kappa shape index (κ2) is 6.60. The molecule has 0 saturated heterocycles. The third-order valence-electron chi connectivity index (χ3n) is 2.61. The normalized spacial score (nSPS) is 10.8. The molecule has 0 amide bonds. The van der Waals surface area contributed by atoms with Crippen molar-refractivity contribution in [3.05, 3.63) is 38.8 Å². The molecule has 0 spiro atoms. The SMILES string of the molecule is COc1cc(/C=C\c2ncc(C(=O)O)s2)cc(Cl)c1OC. The predicted octanol–water partition coefficient (Wildman–Crippen LogP) is 3.68. The molecule has 2 rings (SSSR count). The van der Waals surface area contributed by atoms with Crippen molar-refractivity contribution in [3.8, 4) is 11.5 Å². The van der Waals surface area contributed by atoms with Crippen molar-refractivity contribution in [2.24, 2.45) is 0 Å². The summed E-state index contributed by atoms with van der Waals surface area (Å²) in [7, 11) is 3.05. The molecule has 0 saturated carbocycles. The van der Waals surface area contributed by atoms with Gasteiger partial charge in [0.2, 0.25) is 0 Å². The number of aromatic nitrogens is 1. The van der Waals surface area contributed by atoms with Crippen molar-refractivity contribution in [1.82, 2.24) is 4.98 Å². The van der Waals surface area contributed by atoms with E-state index in [1.165, 1.54) is 20.4 Å². The number of thiazole rings is 1. The van der Waals surface area contributed by atoms with Crippen molar-refractivity contribution in [3.63, 3.8) is 0 Å². The van der Waals surface area contributed by atoms with Gasteiger partial charge in [0.15, 0.2) is 11.5 Å². The summed E-state index contributed by atoms with van der Waals surface area (Å²) in [4.78, 5) is 15.0. The van der Waals surface area contributed by atoms with E-state index in [2.05, 4.69) is 4.98 Å². The van der Waals surface area contributed by atoms with Crippen LogP contribution < -0.4 is 9.47 Å². The van der Waals surface area contributed by atoms with Gasteiger partial charge in [-0.15, -0.1) is 11.3 Å². The summed E-state index contributed by atoms with van der Waals surface area (Å²) >= 11 is 7.21. The Hall–Kier alpha value is -2.05. The van der Waals surface area contributed by atoms with E-state index in [9.17, 15) is 4.79 Å². The van der Waals surface area contributed by atoms with Gasteiger partial charge < -0.3 is 14.6 Å². The van der Waals surface area contributed by atoms with Gasteiger partial charge in [-0.3, -0.25) is 0 Å². The highest BCUT2D eigenvalue weighted by atomic mass is 35.5. The molecule has 0 unspecified atom stereocenters. The van der Waals surface area contributed by atoms with Crippen molar-refractivity contribution < 1.29 is 19.4 Å². The van der Waals surface area contributed by atoms with E-state index in [0.29, 0.717) is 21.5 Å². The van der Waals surface area contributed by atoms with Crippen molar-refractivity contribution in [2.75, 3.05) is 14.2 Å². The minimum absolute atomic E-state index is 0.194. The summed E-state index contributed by atoms with van der Waals surface area (Å²) in [6, 6.07) is 3.50. The number of rotatable bonds is 5. The van der Waals surface area contributed by atoms with Crippen LogP contribution in [0.4, 0.5) is 0 Å². The van der Waals surface area contributed by atoms with Crippen LogP contribution in [0, 0.1) is 0 Å². The summed E-state index contributed by atoms with van der Waals surface area (Å²) in [5.74, 6) is 0.00931. The summed E-state index contributed by atoms with van der Waals surface area (Å²) in [5, 5.41) is 9.87. The third-order valence-corrected chi connectivity index (χ3v) is 3.84. The Kier molecular flexibility index (Phi) is 4.82.